The number of alkyl halides is 4. The van der Waals surface area contributed by atoms with Crippen LogP contribution in [0.4, 0.5) is 36.1 Å². The Morgan fingerprint density at radius 3 is 2.66 bits per heavy atom. The van der Waals surface area contributed by atoms with Crippen molar-refractivity contribution in [1.29, 1.82) is 5.26 Å². The summed E-state index contributed by atoms with van der Waals surface area (Å²) in [7, 11) is 0. The fourth-order valence-electron chi connectivity index (χ4n) is 6.52. The second-order valence-corrected chi connectivity index (χ2v) is 13.8. The SMILES string of the molecule is Cc1nc(OC[C@@]23CCCN2C[C@H](F)C3)nc2c(F)c(-c3ccc(F)c4sc(NC(=O)OC(C)(C)C)c(C#N)c34)c(C(F)(F)F)cc12. The molecule has 2 aromatic heterocycles. The molecule has 15 heteroatoms. The molecule has 2 fully saturated rings. The molecular weight excluding hydrogens is 648 g/mol. The number of carbonyl (C=O) groups excluding carboxylic acids is 1. The molecule has 4 heterocycles. The molecule has 2 aliphatic heterocycles. The van der Waals surface area contributed by atoms with Crippen molar-refractivity contribution in [2.45, 2.75) is 70.4 Å². The van der Waals surface area contributed by atoms with E-state index in [0.717, 1.165) is 18.6 Å². The van der Waals surface area contributed by atoms with Gasteiger partial charge in [0, 0.05) is 29.3 Å². The number of hydrogen-bond acceptors (Lipinski definition) is 8. The maximum absolute atomic E-state index is 16.6. The number of nitriles is 1. The van der Waals surface area contributed by atoms with Gasteiger partial charge in [0.2, 0.25) is 0 Å². The van der Waals surface area contributed by atoms with Crippen molar-refractivity contribution in [2.24, 2.45) is 0 Å². The first-order chi connectivity index (χ1) is 22.0. The minimum absolute atomic E-state index is 0.0119. The summed E-state index contributed by atoms with van der Waals surface area (Å²) in [5.41, 5.74) is -5.14. The molecule has 0 unspecified atom stereocenters. The Hall–Kier alpha value is -4.16. The van der Waals surface area contributed by atoms with Gasteiger partial charge in [-0.2, -0.15) is 28.4 Å². The molecule has 4 aromatic rings. The number of rotatable bonds is 5. The first kappa shape index (κ1) is 32.8. The molecule has 0 spiro atoms. The molecule has 0 radical (unpaired) electrons. The van der Waals surface area contributed by atoms with E-state index in [9.17, 15) is 27.6 Å². The summed E-state index contributed by atoms with van der Waals surface area (Å²) in [5, 5.41) is 11.7. The zero-order valence-corrected chi connectivity index (χ0v) is 26.6. The van der Waals surface area contributed by atoms with E-state index in [1.165, 1.54) is 6.92 Å². The number of aromatic nitrogens is 2. The molecule has 8 nitrogen and oxygen atoms in total. The van der Waals surface area contributed by atoms with Gasteiger partial charge in [0.15, 0.2) is 5.82 Å². The largest absolute Gasteiger partial charge is 0.461 e. The third kappa shape index (κ3) is 5.93. The number of fused-ring (bicyclic) bond motifs is 3. The van der Waals surface area contributed by atoms with E-state index < -0.39 is 63.4 Å². The summed E-state index contributed by atoms with van der Waals surface area (Å²) in [4.78, 5) is 22.8. The first-order valence-corrected chi connectivity index (χ1v) is 15.6. The molecule has 6 rings (SSSR count). The molecule has 2 aliphatic rings. The van der Waals surface area contributed by atoms with Crippen LogP contribution in [-0.4, -0.2) is 58.0 Å². The highest BCUT2D eigenvalue weighted by Gasteiger charge is 2.49. The number of carbonyl (C=O) groups is 1. The predicted octanol–water partition coefficient (Wildman–Crippen LogP) is 8.29. The molecule has 248 valence electrons. The van der Waals surface area contributed by atoms with E-state index in [-0.39, 0.29) is 57.3 Å². The van der Waals surface area contributed by atoms with E-state index in [4.69, 9.17) is 9.47 Å². The highest BCUT2D eigenvalue weighted by molar-refractivity contribution is 7.23. The van der Waals surface area contributed by atoms with Gasteiger partial charge in [-0.15, -0.1) is 11.3 Å². The quantitative estimate of drug-likeness (QED) is 0.212. The van der Waals surface area contributed by atoms with Crippen LogP contribution in [0, 0.1) is 29.9 Å². The molecule has 0 saturated carbocycles. The van der Waals surface area contributed by atoms with E-state index in [2.05, 4.69) is 15.3 Å². The van der Waals surface area contributed by atoms with E-state index >= 15 is 8.78 Å². The Labute approximate surface area is 269 Å². The van der Waals surface area contributed by atoms with Gasteiger partial charge in [-0.3, -0.25) is 10.2 Å². The minimum Gasteiger partial charge on any atom is -0.461 e. The second kappa shape index (κ2) is 11.5. The van der Waals surface area contributed by atoms with Crippen molar-refractivity contribution >= 4 is 43.4 Å². The van der Waals surface area contributed by atoms with Crippen LogP contribution in [0.2, 0.25) is 0 Å². The highest BCUT2D eigenvalue weighted by atomic mass is 32.1. The summed E-state index contributed by atoms with van der Waals surface area (Å²) in [5.74, 6) is -2.28. The van der Waals surface area contributed by atoms with Crippen molar-refractivity contribution in [2.75, 3.05) is 25.0 Å². The molecule has 2 atom stereocenters. The Morgan fingerprint density at radius 2 is 1.98 bits per heavy atom. The Bertz CT molecular complexity index is 1970. The average molecular weight is 678 g/mol. The molecule has 1 N–H and O–H groups in total. The van der Waals surface area contributed by atoms with Crippen molar-refractivity contribution in [3.63, 3.8) is 0 Å². The maximum atomic E-state index is 16.6. The van der Waals surface area contributed by atoms with Crippen LogP contribution in [0.1, 0.15) is 56.9 Å². The Morgan fingerprint density at radius 1 is 1.23 bits per heavy atom. The lowest BCUT2D eigenvalue weighted by atomic mass is 9.92. The molecule has 0 aliphatic carbocycles. The van der Waals surface area contributed by atoms with Gasteiger partial charge in [0.25, 0.3) is 0 Å². The van der Waals surface area contributed by atoms with Crippen LogP contribution >= 0.6 is 11.3 Å². The van der Waals surface area contributed by atoms with Crippen molar-refractivity contribution < 1.29 is 40.6 Å². The van der Waals surface area contributed by atoms with E-state index in [1.54, 1.807) is 20.8 Å². The van der Waals surface area contributed by atoms with Gasteiger partial charge in [-0.1, -0.05) is 6.07 Å². The van der Waals surface area contributed by atoms with Gasteiger partial charge >= 0.3 is 18.3 Å². The topological polar surface area (TPSA) is 100 Å². The number of thiophene rings is 1. The molecule has 0 bridgehead atoms. The second-order valence-electron chi connectivity index (χ2n) is 12.8. The molecule has 2 aromatic carbocycles. The van der Waals surface area contributed by atoms with Gasteiger partial charge < -0.3 is 9.47 Å². The number of halogens is 6. The fourth-order valence-corrected chi connectivity index (χ4v) is 7.59. The predicted molar refractivity (Wildman–Crippen MR) is 163 cm³/mol. The van der Waals surface area contributed by atoms with Gasteiger partial charge in [-0.25, -0.2) is 18.0 Å². The summed E-state index contributed by atoms with van der Waals surface area (Å²) in [6, 6.07) is 4.05. The summed E-state index contributed by atoms with van der Waals surface area (Å²) in [6.45, 7) is 7.17. The smallest absolute Gasteiger partial charge is 0.417 e. The van der Waals surface area contributed by atoms with Crippen LogP contribution in [0.25, 0.3) is 32.1 Å². The lowest BCUT2D eigenvalue weighted by molar-refractivity contribution is -0.137. The number of anilines is 1. The summed E-state index contributed by atoms with van der Waals surface area (Å²) >= 11 is 0.602. The number of benzene rings is 2. The number of hydrogen-bond donors (Lipinski definition) is 1. The van der Waals surface area contributed by atoms with Gasteiger partial charge in [-0.05, 0) is 64.8 Å². The molecular formula is C32H29F6N5O3S. The minimum atomic E-state index is -5.09. The van der Waals surface area contributed by atoms with Crippen molar-refractivity contribution in [1.82, 2.24) is 14.9 Å². The van der Waals surface area contributed by atoms with Crippen LogP contribution in [0.15, 0.2) is 18.2 Å². The Kier molecular flexibility index (Phi) is 8.03. The number of aryl methyl sites for hydroxylation is 1. The standard InChI is InChI=1S/C32H29F6N5O3S/c1-15-18-10-20(32(36,37)38)23(24(35)25(18)41-28(40-15)45-14-31-8-5-9-43(31)13-16(33)11-31)17-6-7-21(34)26-22(17)19(12-39)27(47-26)42-29(44)46-30(2,3)4/h6-7,10,16H,5,8-9,11,13-14H2,1-4H3,(H,42,44)/t16-,31+/m1/s1. The van der Waals surface area contributed by atoms with Crippen LogP contribution in [0.5, 0.6) is 6.01 Å². The van der Waals surface area contributed by atoms with E-state index in [0.29, 0.717) is 30.4 Å². The summed E-state index contributed by atoms with van der Waals surface area (Å²) < 4.78 is 101. The monoisotopic (exact) mass is 677 g/mol. The summed E-state index contributed by atoms with van der Waals surface area (Å²) in [6.07, 6.45) is -5.32. The number of ether oxygens (including phenoxy) is 2. The van der Waals surface area contributed by atoms with Crippen LogP contribution in [0.3, 0.4) is 0 Å². The van der Waals surface area contributed by atoms with Crippen molar-refractivity contribution in [3.05, 3.63) is 46.7 Å². The van der Waals surface area contributed by atoms with Gasteiger partial charge in [0.1, 0.15) is 40.8 Å². The lowest BCUT2D eigenvalue weighted by Gasteiger charge is -2.30. The highest BCUT2D eigenvalue weighted by Crippen LogP contribution is 2.48. The molecule has 47 heavy (non-hydrogen) atoms. The lowest BCUT2D eigenvalue weighted by Crippen LogP contribution is -2.43. The van der Waals surface area contributed by atoms with Crippen molar-refractivity contribution in [3.8, 4) is 23.2 Å². The van der Waals surface area contributed by atoms with Gasteiger partial charge in [0.05, 0.1) is 27.1 Å². The Balaban J connectivity index is 1.51. The number of nitrogens with one attached hydrogen (secondary N) is 1. The van der Waals surface area contributed by atoms with Crippen LogP contribution < -0.4 is 10.1 Å². The third-order valence-corrected chi connectivity index (χ3v) is 9.54. The number of nitrogens with zero attached hydrogens (tertiary/aromatic N) is 4. The normalized spacial score (nSPS) is 20.1. The molecule has 1 amide bonds. The zero-order chi connectivity index (χ0) is 34.1. The zero-order valence-electron chi connectivity index (χ0n) is 25.7. The first-order valence-electron chi connectivity index (χ1n) is 14.8. The maximum Gasteiger partial charge on any atom is 0.417 e. The third-order valence-electron chi connectivity index (χ3n) is 8.42. The number of amides is 1. The molecule has 2 saturated heterocycles. The fraction of sp³-hybridized carbons (Fsp3) is 0.438. The van der Waals surface area contributed by atoms with E-state index in [1.807, 2.05) is 11.0 Å². The average Bonchev–Trinajstić information content (AvgIpc) is 3.61. The van der Waals surface area contributed by atoms with Crippen LogP contribution in [-0.2, 0) is 10.9 Å².